The number of hydrogen-bond acceptors (Lipinski definition) is 4. The molecule has 0 saturated heterocycles. The molecule has 0 aliphatic rings. The minimum atomic E-state index is -0.561. The first-order valence-corrected chi connectivity index (χ1v) is 5.73. The number of H-pyrrole nitrogens is 2. The number of aromatic amines is 2. The molecule has 0 aliphatic heterocycles. The fourth-order valence-electron chi connectivity index (χ4n) is 1.19. The van der Waals surface area contributed by atoms with Crippen LogP contribution in [0.2, 0.25) is 0 Å². The molecule has 0 radical (unpaired) electrons. The minimum Gasteiger partial charge on any atom is -0.444 e. The summed E-state index contributed by atoms with van der Waals surface area (Å²) in [6.07, 6.45) is 3.83. The van der Waals surface area contributed by atoms with E-state index in [9.17, 15) is 14.4 Å². The summed E-state index contributed by atoms with van der Waals surface area (Å²) in [6, 6.07) is 0. The van der Waals surface area contributed by atoms with Crippen LogP contribution in [0.25, 0.3) is 6.08 Å². The second-order valence-corrected chi connectivity index (χ2v) is 4.81. The molecule has 1 aromatic heterocycles. The Balaban J connectivity index is 2.49. The van der Waals surface area contributed by atoms with Crippen LogP contribution in [0.15, 0.2) is 21.9 Å². The van der Waals surface area contributed by atoms with E-state index in [-0.39, 0.29) is 6.54 Å². The number of nitrogens with one attached hydrogen (secondary N) is 3. The average Bonchev–Trinajstić information content (AvgIpc) is 2.24. The standard InChI is InChI=1S/C12H17N3O4/c1-12(2,3)19-11(18)13-6-4-5-8-7-14-10(17)15-9(8)16/h4-5,7H,6H2,1-3H3,(H,13,18)(H2,14,15,16,17). The van der Waals surface area contributed by atoms with Crippen molar-refractivity contribution >= 4 is 12.2 Å². The number of hydrogen-bond donors (Lipinski definition) is 3. The van der Waals surface area contributed by atoms with Crippen LogP contribution in [0.1, 0.15) is 26.3 Å². The van der Waals surface area contributed by atoms with E-state index in [2.05, 4.69) is 15.3 Å². The third-order valence-corrected chi connectivity index (χ3v) is 1.91. The van der Waals surface area contributed by atoms with Crippen LogP contribution < -0.4 is 16.6 Å². The van der Waals surface area contributed by atoms with E-state index < -0.39 is 22.9 Å². The zero-order valence-electron chi connectivity index (χ0n) is 11.1. The van der Waals surface area contributed by atoms with Gasteiger partial charge in [0.2, 0.25) is 0 Å². The van der Waals surface area contributed by atoms with E-state index in [0.717, 1.165) is 0 Å². The van der Waals surface area contributed by atoms with Gasteiger partial charge in [-0.2, -0.15) is 0 Å². The van der Waals surface area contributed by atoms with Gasteiger partial charge in [-0.1, -0.05) is 12.2 Å². The third-order valence-electron chi connectivity index (χ3n) is 1.91. The first-order chi connectivity index (χ1) is 8.78. The fraction of sp³-hybridized carbons (Fsp3) is 0.417. The van der Waals surface area contributed by atoms with Crippen molar-refractivity contribution < 1.29 is 9.53 Å². The number of carbonyl (C=O) groups excluding carboxylic acids is 1. The molecule has 1 aromatic rings. The van der Waals surface area contributed by atoms with Crippen molar-refractivity contribution in [1.82, 2.24) is 15.3 Å². The zero-order chi connectivity index (χ0) is 14.5. The van der Waals surface area contributed by atoms with Crippen molar-refractivity contribution in [1.29, 1.82) is 0 Å². The number of rotatable bonds is 3. The Morgan fingerprint density at radius 1 is 1.42 bits per heavy atom. The van der Waals surface area contributed by atoms with E-state index in [1.165, 1.54) is 12.3 Å². The lowest BCUT2D eigenvalue weighted by Gasteiger charge is -2.19. The van der Waals surface area contributed by atoms with E-state index in [1.807, 2.05) is 0 Å². The van der Waals surface area contributed by atoms with Crippen LogP contribution in [0, 0.1) is 0 Å². The summed E-state index contributed by atoms with van der Waals surface area (Å²) in [4.78, 5) is 37.8. The number of carbonyl (C=O) groups is 1. The molecule has 1 rings (SSSR count). The predicted octanol–water partition coefficient (Wildman–Crippen LogP) is 0.601. The smallest absolute Gasteiger partial charge is 0.407 e. The molecule has 0 unspecified atom stereocenters. The molecule has 0 fully saturated rings. The quantitative estimate of drug-likeness (QED) is 0.746. The van der Waals surface area contributed by atoms with Gasteiger partial charge in [0.05, 0.1) is 5.56 Å². The molecule has 7 heteroatoms. The van der Waals surface area contributed by atoms with E-state index in [1.54, 1.807) is 26.8 Å². The normalized spacial score (nSPS) is 11.5. The Bertz CT molecular complexity index is 578. The van der Waals surface area contributed by atoms with E-state index in [0.29, 0.717) is 5.56 Å². The molecule has 0 aliphatic carbocycles. The van der Waals surface area contributed by atoms with Gasteiger partial charge in [-0.25, -0.2) is 9.59 Å². The number of aromatic nitrogens is 2. The largest absolute Gasteiger partial charge is 0.444 e. The van der Waals surface area contributed by atoms with E-state index in [4.69, 9.17) is 4.74 Å². The monoisotopic (exact) mass is 267 g/mol. The minimum absolute atomic E-state index is 0.216. The average molecular weight is 267 g/mol. The molecule has 104 valence electrons. The first kappa shape index (κ1) is 14.7. The topological polar surface area (TPSA) is 104 Å². The van der Waals surface area contributed by atoms with Gasteiger partial charge in [-0.3, -0.25) is 9.78 Å². The zero-order valence-corrected chi connectivity index (χ0v) is 11.1. The molecular formula is C12H17N3O4. The first-order valence-electron chi connectivity index (χ1n) is 5.73. The van der Waals surface area contributed by atoms with Gasteiger partial charge in [0.15, 0.2) is 0 Å². The second kappa shape index (κ2) is 6.03. The molecule has 0 saturated carbocycles. The highest BCUT2D eigenvalue weighted by atomic mass is 16.6. The van der Waals surface area contributed by atoms with Gasteiger partial charge in [0, 0.05) is 12.7 Å². The van der Waals surface area contributed by atoms with Crippen molar-refractivity contribution in [2.75, 3.05) is 6.54 Å². The van der Waals surface area contributed by atoms with E-state index >= 15 is 0 Å². The van der Waals surface area contributed by atoms with Crippen LogP contribution in [-0.4, -0.2) is 28.2 Å². The Labute approximate surface area is 109 Å². The summed E-state index contributed by atoms with van der Waals surface area (Å²) in [5.41, 5.74) is -1.30. The molecule has 0 spiro atoms. The molecule has 0 aromatic carbocycles. The Hall–Kier alpha value is -2.31. The lowest BCUT2D eigenvalue weighted by atomic mass is 10.2. The number of amides is 1. The molecular weight excluding hydrogens is 250 g/mol. The molecule has 1 amide bonds. The van der Waals surface area contributed by atoms with Crippen molar-refractivity contribution in [2.24, 2.45) is 0 Å². The Morgan fingerprint density at radius 3 is 2.68 bits per heavy atom. The van der Waals surface area contributed by atoms with Crippen LogP contribution in [0.5, 0.6) is 0 Å². The highest BCUT2D eigenvalue weighted by Gasteiger charge is 2.14. The van der Waals surface area contributed by atoms with Gasteiger partial charge in [-0.15, -0.1) is 0 Å². The molecule has 0 atom stereocenters. The summed E-state index contributed by atoms with van der Waals surface area (Å²) in [6.45, 7) is 5.51. The van der Waals surface area contributed by atoms with Gasteiger partial charge in [-0.05, 0) is 20.8 Å². The molecule has 1 heterocycles. The van der Waals surface area contributed by atoms with Crippen LogP contribution >= 0.6 is 0 Å². The van der Waals surface area contributed by atoms with Gasteiger partial charge in [0.1, 0.15) is 5.60 Å². The Kier molecular flexibility index (Phi) is 4.68. The summed E-state index contributed by atoms with van der Waals surface area (Å²) >= 11 is 0. The van der Waals surface area contributed by atoms with Crippen molar-refractivity contribution in [2.45, 2.75) is 26.4 Å². The molecule has 0 bridgehead atoms. The second-order valence-electron chi connectivity index (χ2n) is 4.81. The summed E-state index contributed by atoms with van der Waals surface area (Å²) in [7, 11) is 0. The number of alkyl carbamates (subject to hydrolysis) is 1. The van der Waals surface area contributed by atoms with Gasteiger partial charge in [0.25, 0.3) is 5.56 Å². The SMILES string of the molecule is CC(C)(C)OC(=O)NCC=Cc1c[nH]c(=O)[nH]c1=O. The summed E-state index contributed by atoms with van der Waals surface area (Å²) < 4.78 is 5.03. The maximum Gasteiger partial charge on any atom is 0.407 e. The highest BCUT2D eigenvalue weighted by Crippen LogP contribution is 2.06. The van der Waals surface area contributed by atoms with Crippen molar-refractivity contribution in [3.8, 4) is 0 Å². The molecule has 19 heavy (non-hydrogen) atoms. The summed E-state index contributed by atoms with van der Waals surface area (Å²) in [5.74, 6) is 0. The lowest BCUT2D eigenvalue weighted by molar-refractivity contribution is 0.0534. The van der Waals surface area contributed by atoms with Gasteiger partial charge < -0.3 is 15.0 Å². The third kappa shape index (κ3) is 5.71. The maximum atomic E-state index is 11.3. The molecule has 3 N–H and O–H groups in total. The highest BCUT2D eigenvalue weighted by molar-refractivity contribution is 5.68. The van der Waals surface area contributed by atoms with Crippen LogP contribution in [-0.2, 0) is 4.74 Å². The van der Waals surface area contributed by atoms with Gasteiger partial charge >= 0.3 is 11.8 Å². The number of ether oxygens (including phenoxy) is 1. The van der Waals surface area contributed by atoms with Crippen LogP contribution in [0.4, 0.5) is 4.79 Å². The Morgan fingerprint density at radius 2 is 2.11 bits per heavy atom. The predicted molar refractivity (Wildman–Crippen MR) is 71.0 cm³/mol. The molecule has 7 nitrogen and oxygen atoms in total. The van der Waals surface area contributed by atoms with Crippen LogP contribution in [0.3, 0.4) is 0 Å². The fourth-order valence-corrected chi connectivity index (χ4v) is 1.19. The summed E-state index contributed by atoms with van der Waals surface area (Å²) in [5, 5.41) is 2.51. The lowest BCUT2D eigenvalue weighted by Crippen LogP contribution is -2.32. The van der Waals surface area contributed by atoms with Crippen molar-refractivity contribution in [3.63, 3.8) is 0 Å². The van der Waals surface area contributed by atoms with Crippen molar-refractivity contribution in [3.05, 3.63) is 38.7 Å². The maximum absolute atomic E-state index is 11.3.